The minimum Gasteiger partial charge on any atom is -0.320 e. The first-order chi connectivity index (χ1) is 9.29. The monoisotopic (exact) mass is 319 g/mol. The summed E-state index contributed by atoms with van der Waals surface area (Å²) < 4.78 is 28.3. The summed E-state index contributed by atoms with van der Waals surface area (Å²) >= 11 is 1.65. The van der Waals surface area contributed by atoms with E-state index in [1.807, 2.05) is 38.4 Å². The van der Waals surface area contributed by atoms with E-state index >= 15 is 0 Å². The molecule has 0 aliphatic rings. The van der Waals surface area contributed by atoms with Crippen LogP contribution in [-0.4, -0.2) is 46.5 Å². The van der Waals surface area contributed by atoms with E-state index in [9.17, 15) is 8.42 Å². The van der Waals surface area contributed by atoms with Crippen LogP contribution in [0.15, 0.2) is 17.5 Å². The Morgan fingerprint density at radius 2 is 2.10 bits per heavy atom. The SMILES string of the molecule is CNCCCN(C)S(=O)(=O)NCC(C)(C)c1cccs1. The molecular weight excluding hydrogens is 294 g/mol. The number of nitrogens with zero attached hydrogens (tertiary/aromatic N) is 1. The van der Waals surface area contributed by atoms with Gasteiger partial charge in [0.1, 0.15) is 0 Å². The van der Waals surface area contributed by atoms with E-state index in [0.717, 1.165) is 13.0 Å². The smallest absolute Gasteiger partial charge is 0.279 e. The molecule has 0 fully saturated rings. The van der Waals surface area contributed by atoms with Gasteiger partial charge in [-0.3, -0.25) is 0 Å². The minimum absolute atomic E-state index is 0.201. The first-order valence-corrected chi connectivity index (χ1v) is 9.01. The zero-order chi connectivity index (χ0) is 15.2. The van der Waals surface area contributed by atoms with Gasteiger partial charge in [0, 0.05) is 30.4 Å². The van der Waals surface area contributed by atoms with Gasteiger partial charge in [-0.1, -0.05) is 19.9 Å². The van der Waals surface area contributed by atoms with Gasteiger partial charge in [0.15, 0.2) is 0 Å². The Kier molecular flexibility index (Phi) is 6.60. The Morgan fingerprint density at radius 3 is 2.65 bits per heavy atom. The van der Waals surface area contributed by atoms with Gasteiger partial charge in [0.2, 0.25) is 0 Å². The Labute approximate surface area is 126 Å². The predicted molar refractivity (Wildman–Crippen MR) is 85.4 cm³/mol. The molecular formula is C13H25N3O2S2. The van der Waals surface area contributed by atoms with Crippen LogP contribution in [0.2, 0.25) is 0 Å². The molecule has 0 bridgehead atoms. The van der Waals surface area contributed by atoms with Crippen LogP contribution in [0.25, 0.3) is 0 Å². The van der Waals surface area contributed by atoms with Crippen molar-refractivity contribution in [3.05, 3.63) is 22.4 Å². The molecule has 0 aliphatic heterocycles. The number of hydrogen-bond donors (Lipinski definition) is 2. The zero-order valence-electron chi connectivity index (χ0n) is 12.6. The summed E-state index contributed by atoms with van der Waals surface area (Å²) in [7, 11) is 0.0599. The van der Waals surface area contributed by atoms with Crippen LogP contribution in [0, 0.1) is 0 Å². The Morgan fingerprint density at radius 1 is 1.40 bits per heavy atom. The van der Waals surface area contributed by atoms with Crippen molar-refractivity contribution in [1.82, 2.24) is 14.3 Å². The van der Waals surface area contributed by atoms with Crippen molar-refractivity contribution in [2.45, 2.75) is 25.7 Å². The maximum absolute atomic E-state index is 12.1. The highest BCUT2D eigenvalue weighted by molar-refractivity contribution is 7.87. The summed E-state index contributed by atoms with van der Waals surface area (Å²) in [5.41, 5.74) is -0.201. The van der Waals surface area contributed by atoms with Crippen molar-refractivity contribution in [3.63, 3.8) is 0 Å². The number of hydrogen-bond acceptors (Lipinski definition) is 4. The van der Waals surface area contributed by atoms with Crippen molar-refractivity contribution in [2.75, 3.05) is 33.7 Å². The van der Waals surface area contributed by atoms with E-state index in [1.165, 1.54) is 9.18 Å². The molecule has 7 heteroatoms. The largest absolute Gasteiger partial charge is 0.320 e. The minimum atomic E-state index is -3.40. The molecule has 0 spiro atoms. The summed E-state index contributed by atoms with van der Waals surface area (Å²) in [6, 6.07) is 4.02. The van der Waals surface area contributed by atoms with Crippen LogP contribution in [0.4, 0.5) is 0 Å². The molecule has 0 atom stereocenters. The quantitative estimate of drug-likeness (QED) is 0.676. The average Bonchev–Trinajstić information content (AvgIpc) is 2.91. The fraction of sp³-hybridized carbons (Fsp3) is 0.692. The highest BCUT2D eigenvalue weighted by Gasteiger charge is 2.25. The first-order valence-electron chi connectivity index (χ1n) is 6.69. The fourth-order valence-corrected chi connectivity index (χ4v) is 3.72. The number of rotatable bonds is 9. The summed E-state index contributed by atoms with van der Waals surface area (Å²) in [4.78, 5) is 1.18. The molecule has 0 aliphatic carbocycles. The molecule has 116 valence electrons. The molecule has 0 amide bonds. The molecule has 5 nitrogen and oxygen atoms in total. The molecule has 1 heterocycles. The second kappa shape index (κ2) is 7.51. The van der Waals surface area contributed by atoms with Gasteiger partial charge in [0.25, 0.3) is 10.2 Å². The highest BCUT2D eigenvalue weighted by Crippen LogP contribution is 2.26. The van der Waals surface area contributed by atoms with Crippen LogP contribution >= 0.6 is 11.3 Å². The van der Waals surface area contributed by atoms with Gasteiger partial charge in [-0.25, -0.2) is 4.72 Å². The fourth-order valence-electron chi connectivity index (χ4n) is 1.73. The summed E-state index contributed by atoms with van der Waals surface area (Å²) in [5, 5.41) is 5.02. The zero-order valence-corrected chi connectivity index (χ0v) is 14.3. The van der Waals surface area contributed by atoms with E-state index in [-0.39, 0.29) is 5.41 Å². The Balaban J connectivity index is 2.54. The lowest BCUT2D eigenvalue weighted by molar-refractivity contribution is 0.434. The van der Waals surface area contributed by atoms with Crippen LogP contribution in [0.3, 0.4) is 0 Å². The standard InChI is InChI=1S/C13H25N3O2S2/c1-13(2,12-7-5-10-19-12)11-15-20(17,18)16(4)9-6-8-14-3/h5,7,10,14-15H,6,8-9,11H2,1-4H3. The predicted octanol–water partition coefficient (Wildman–Crippen LogP) is 1.40. The third-order valence-electron chi connectivity index (χ3n) is 3.19. The lowest BCUT2D eigenvalue weighted by atomic mass is 9.92. The molecule has 20 heavy (non-hydrogen) atoms. The van der Waals surface area contributed by atoms with Crippen LogP contribution in [0.5, 0.6) is 0 Å². The van der Waals surface area contributed by atoms with E-state index in [2.05, 4.69) is 10.0 Å². The van der Waals surface area contributed by atoms with E-state index in [0.29, 0.717) is 13.1 Å². The van der Waals surface area contributed by atoms with Gasteiger partial charge in [0.05, 0.1) is 0 Å². The first kappa shape index (κ1) is 17.6. The normalized spacial score (nSPS) is 13.1. The number of thiophene rings is 1. The Bertz CT molecular complexity index is 484. The van der Waals surface area contributed by atoms with Crippen molar-refractivity contribution in [3.8, 4) is 0 Å². The lowest BCUT2D eigenvalue weighted by Gasteiger charge is -2.25. The van der Waals surface area contributed by atoms with E-state index < -0.39 is 10.2 Å². The second-order valence-corrected chi connectivity index (χ2v) is 8.28. The lowest BCUT2D eigenvalue weighted by Crippen LogP contribution is -2.44. The van der Waals surface area contributed by atoms with Gasteiger partial charge < -0.3 is 5.32 Å². The van der Waals surface area contributed by atoms with Crippen molar-refractivity contribution in [2.24, 2.45) is 0 Å². The molecule has 0 radical (unpaired) electrons. The second-order valence-electron chi connectivity index (χ2n) is 5.47. The summed E-state index contributed by atoms with van der Waals surface area (Å²) in [6.45, 7) is 5.80. The topological polar surface area (TPSA) is 61.4 Å². The molecule has 2 N–H and O–H groups in total. The molecule has 0 saturated carbocycles. The summed E-state index contributed by atoms with van der Waals surface area (Å²) in [5.74, 6) is 0. The molecule has 1 aromatic rings. The molecule has 0 saturated heterocycles. The number of nitrogens with one attached hydrogen (secondary N) is 2. The van der Waals surface area contributed by atoms with E-state index in [1.54, 1.807) is 18.4 Å². The molecule has 0 aromatic carbocycles. The molecule has 0 unspecified atom stereocenters. The van der Waals surface area contributed by atoms with Gasteiger partial charge >= 0.3 is 0 Å². The van der Waals surface area contributed by atoms with Gasteiger partial charge in [-0.05, 0) is 31.5 Å². The van der Waals surface area contributed by atoms with Crippen LogP contribution < -0.4 is 10.0 Å². The van der Waals surface area contributed by atoms with Gasteiger partial charge in [-0.15, -0.1) is 11.3 Å². The molecule has 1 aromatic heterocycles. The van der Waals surface area contributed by atoms with Crippen LogP contribution in [0.1, 0.15) is 25.1 Å². The maximum Gasteiger partial charge on any atom is 0.279 e. The molecule has 1 rings (SSSR count). The maximum atomic E-state index is 12.1. The van der Waals surface area contributed by atoms with Crippen LogP contribution in [-0.2, 0) is 15.6 Å². The third kappa shape index (κ3) is 5.14. The average molecular weight is 319 g/mol. The Hall–Kier alpha value is -0.470. The van der Waals surface area contributed by atoms with Crippen molar-refractivity contribution >= 4 is 21.5 Å². The third-order valence-corrected chi connectivity index (χ3v) is 5.94. The van der Waals surface area contributed by atoms with Crippen molar-refractivity contribution < 1.29 is 8.42 Å². The highest BCUT2D eigenvalue weighted by atomic mass is 32.2. The van der Waals surface area contributed by atoms with E-state index in [4.69, 9.17) is 0 Å². The summed E-state index contributed by atoms with van der Waals surface area (Å²) in [6.07, 6.45) is 0.794. The van der Waals surface area contributed by atoms with Gasteiger partial charge in [-0.2, -0.15) is 12.7 Å². The van der Waals surface area contributed by atoms with Crippen molar-refractivity contribution in [1.29, 1.82) is 0 Å².